The van der Waals surface area contributed by atoms with Crippen molar-refractivity contribution in [1.29, 1.82) is 0 Å². The molecule has 1 fully saturated rings. The van der Waals surface area contributed by atoms with Gasteiger partial charge in [0.15, 0.2) is 5.75 Å². The lowest BCUT2D eigenvalue weighted by Gasteiger charge is -2.29. The fourth-order valence-corrected chi connectivity index (χ4v) is 5.22. The number of carbonyl (C=O) groups is 1. The van der Waals surface area contributed by atoms with Gasteiger partial charge in [-0.2, -0.15) is 0 Å². The smallest absolute Gasteiger partial charge is 0.255 e. The number of hydrogen-bond acceptors (Lipinski definition) is 9. The molecule has 3 N–H and O–H groups in total. The number of nitrogens with zero attached hydrogens (tertiary/aromatic N) is 3. The van der Waals surface area contributed by atoms with Crippen LogP contribution >= 0.6 is 11.6 Å². The van der Waals surface area contributed by atoms with Crippen LogP contribution in [0.4, 0.5) is 17.2 Å². The fraction of sp³-hybridized carbons (Fsp3) is 0.414. The SMILES string of the molecule is COc1c(NC(=O)c2ccc(Cl)c(Oc3cc(NC4CCN(C)CC4)ncn3)c2)cc(C(C)(C)C)cc1NS(C)(=O)=O. The van der Waals surface area contributed by atoms with E-state index in [2.05, 4.69) is 37.3 Å². The van der Waals surface area contributed by atoms with Crippen molar-refractivity contribution in [1.82, 2.24) is 14.9 Å². The number of piperidine rings is 1. The zero-order valence-electron chi connectivity index (χ0n) is 24.6. The molecule has 0 bridgehead atoms. The number of anilines is 3. The van der Waals surface area contributed by atoms with Crippen molar-refractivity contribution >= 4 is 44.7 Å². The molecule has 11 nitrogen and oxygen atoms in total. The van der Waals surface area contributed by atoms with E-state index < -0.39 is 15.9 Å². The summed E-state index contributed by atoms with van der Waals surface area (Å²) in [5.74, 6) is 0.860. The minimum Gasteiger partial charge on any atom is -0.492 e. The molecule has 1 aliphatic heterocycles. The van der Waals surface area contributed by atoms with Gasteiger partial charge in [-0.15, -0.1) is 0 Å². The number of carbonyl (C=O) groups excluding carboxylic acids is 1. The number of nitrogens with one attached hydrogen (secondary N) is 3. The van der Waals surface area contributed by atoms with Gasteiger partial charge in [-0.1, -0.05) is 32.4 Å². The fourth-order valence-electron chi connectivity index (χ4n) is 4.52. The van der Waals surface area contributed by atoms with Gasteiger partial charge >= 0.3 is 0 Å². The van der Waals surface area contributed by atoms with Crippen LogP contribution in [-0.4, -0.2) is 68.7 Å². The van der Waals surface area contributed by atoms with E-state index in [4.69, 9.17) is 21.1 Å². The van der Waals surface area contributed by atoms with Gasteiger partial charge in [0.2, 0.25) is 15.9 Å². The molecule has 13 heteroatoms. The Kier molecular flexibility index (Phi) is 9.49. The molecule has 0 spiro atoms. The molecule has 1 amide bonds. The Morgan fingerprint density at radius 3 is 2.40 bits per heavy atom. The number of aromatic nitrogens is 2. The lowest BCUT2D eigenvalue weighted by atomic mass is 9.86. The van der Waals surface area contributed by atoms with Gasteiger partial charge in [0.25, 0.3) is 5.91 Å². The van der Waals surface area contributed by atoms with Gasteiger partial charge in [-0.05, 0) is 74.3 Å². The van der Waals surface area contributed by atoms with Crippen molar-refractivity contribution in [3.8, 4) is 17.4 Å². The molecule has 1 saturated heterocycles. The summed E-state index contributed by atoms with van der Waals surface area (Å²) in [5.41, 5.74) is 1.22. The van der Waals surface area contributed by atoms with E-state index in [0.29, 0.717) is 22.6 Å². The number of methoxy groups -OCH3 is 1. The second-order valence-electron chi connectivity index (χ2n) is 11.4. The summed E-state index contributed by atoms with van der Waals surface area (Å²) in [6.07, 6.45) is 4.48. The Hall–Kier alpha value is -3.61. The van der Waals surface area contributed by atoms with Gasteiger partial charge in [0.1, 0.15) is 17.9 Å². The maximum Gasteiger partial charge on any atom is 0.255 e. The Labute approximate surface area is 252 Å². The largest absolute Gasteiger partial charge is 0.492 e. The van der Waals surface area contributed by atoms with E-state index in [1.54, 1.807) is 30.3 Å². The van der Waals surface area contributed by atoms with Gasteiger partial charge in [0, 0.05) is 17.7 Å². The number of rotatable bonds is 9. The van der Waals surface area contributed by atoms with Crippen molar-refractivity contribution in [2.45, 2.75) is 45.1 Å². The molecule has 0 saturated carbocycles. The first kappa shape index (κ1) is 31.3. The molecule has 2 aromatic carbocycles. The van der Waals surface area contributed by atoms with Crippen LogP contribution in [0.1, 0.15) is 49.5 Å². The topological polar surface area (TPSA) is 135 Å². The van der Waals surface area contributed by atoms with Gasteiger partial charge < -0.3 is 25.0 Å². The van der Waals surface area contributed by atoms with Crippen molar-refractivity contribution in [2.24, 2.45) is 0 Å². The van der Waals surface area contributed by atoms with Crippen LogP contribution in [0.25, 0.3) is 0 Å². The van der Waals surface area contributed by atoms with Gasteiger partial charge in [-0.3, -0.25) is 9.52 Å². The van der Waals surface area contributed by atoms with Crippen molar-refractivity contribution in [3.05, 3.63) is 58.9 Å². The van der Waals surface area contributed by atoms with Crippen LogP contribution in [0.15, 0.2) is 42.7 Å². The van der Waals surface area contributed by atoms with Crippen LogP contribution in [0.2, 0.25) is 5.02 Å². The minimum atomic E-state index is -3.61. The summed E-state index contributed by atoms with van der Waals surface area (Å²) in [6, 6.07) is 10.1. The summed E-state index contributed by atoms with van der Waals surface area (Å²) >= 11 is 6.42. The van der Waals surface area contributed by atoms with Crippen molar-refractivity contribution in [2.75, 3.05) is 48.9 Å². The third-order valence-electron chi connectivity index (χ3n) is 6.82. The van der Waals surface area contributed by atoms with Crippen molar-refractivity contribution in [3.63, 3.8) is 0 Å². The molecule has 226 valence electrons. The molecular formula is C29H37ClN6O5S. The molecule has 4 rings (SSSR count). The number of amides is 1. The molecule has 0 aliphatic carbocycles. The minimum absolute atomic E-state index is 0.179. The molecule has 3 aromatic rings. The van der Waals surface area contributed by atoms with Crippen LogP contribution in [-0.2, 0) is 15.4 Å². The zero-order chi connectivity index (χ0) is 30.7. The first-order valence-corrected chi connectivity index (χ1v) is 15.7. The summed E-state index contributed by atoms with van der Waals surface area (Å²) in [6.45, 7) is 7.97. The maximum absolute atomic E-state index is 13.4. The van der Waals surface area contributed by atoms with Gasteiger partial charge in [0.05, 0.1) is 29.8 Å². The quantitative estimate of drug-likeness (QED) is 0.290. The summed E-state index contributed by atoms with van der Waals surface area (Å²) in [4.78, 5) is 24.2. The van der Waals surface area contributed by atoms with E-state index >= 15 is 0 Å². The first-order chi connectivity index (χ1) is 19.7. The van der Waals surface area contributed by atoms with E-state index in [9.17, 15) is 13.2 Å². The lowest BCUT2D eigenvalue weighted by Crippen LogP contribution is -2.36. The number of sulfonamides is 1. The van der Waals surface area contributed by atoms with E-state index in [1.165, 1.54) is 19.5 Å². The third-order valence-corrected chi connectivity index (χ3v) is 7.73. The highest BCUT2D eigenvalue weighted by Gasteiger charge is 2.23. The molecule has 1 aromatic heterocycles. The second kappa shape index (κ2) is 12.7. The molecule has 1 aliphatic rings. The van der Waals surface area contributed by atoms with Crippen LogP contribution < -0.4 is 24.8 Å². The lowest BCUT2D eigenvalue weighted by molar-refractivity contribution is 0.102. The molecule has 0 unspecified atom stereocenters. The molecule has 2 heterocycles. The number of benzene rings is 2. The molecule has 42 heavy (non-hydrogen) atoms. The van der Waals surface area contributed by atoms with Crippen LogP contribution in [0, 0.1) is 0 Å². The average Bonchev–Trinajstić information content (AvgIpc) is 2.90. The standard InChI is InChI=1S/C29H37ClN6O5S/c1-29(2,3)19-14-22(27(40-5)23(15-19)35-42(6,38)39)34-28(37)18-7-8-21(30)24(13-18)41-26-16-25(31-17-32-26)33-20-9-11-36(4)12-10-20/h7-8,13-17,20,35H,9-12H2,1-6H3,(H,34,37)(H,31,32,33). The molecule has 0 atom stereocenters. The summed E-state index contributed by atoms with van der Waals surface area (Å²) in [5, 5.41) is 6.58. The van der Waals surface area contributed by atoms with E-state index in [0.717, 1.165) is 37.8 Å². The average molecular weight is 617 g/mol. The van der Waals surface area contributed by atoms with Crippen molar-refractivity contribution < 1.29 is 22.7 Å². The van der Waals surface area contributed by atoms with E-state index in [1.807, 2.05) is 20.8 Å². The summed E-state index contributed by atoms with van der Waals surface area (Å²) < 4.78 is 38.0. The highest BCUT2D eigenvalue weighted by molar-refractivity contribution is 7.92. The highest BCUT2D eigenvalue weighted by atomic mass is 35.5. The third kappa shape index (κ3) is 8.24. The normalized spacial score (nSPS) is 14.7. The molecular weight excluding hydrogens is 580 g/mol. The first-order valence-electron chi connectivity index (χ1n) is 13.5. The monoisotopic (exact) mass is 616 g/mol. The van der Waals surface area contributed by atoms with E-state index in [-0.39, 0.29) is 34.0 Å². The summed E-state index contributed by atoms with van der Waals surface area (Å²) in [7, 11) is -0.101. The second-order valence-corrected chi connectivity index (χ2v) is 13.5. The van der Waals surface area contributed by atoms with Gasteiger partial charge in [-0.25, -0.2) is 18.4 Å². The Morgan fingerprint density at radius 2 is 1.76 bits per heavy atom. The Balaban J connectivity index is 1.57. The maximum atomic E-state index is 13.4. The Bertz CT molecular complexity index is 1550. The highest BCUT2D eigenvalue weighted by Crippen LogP contribution is 2.39. The number of ether oxygens (including phenoxy) is 2. The van der Waals surface area contributed by atoms with Crippen LogP contribution in [0.5, 0.6) is 17.4 Å². The molecule has 0 radical (unpaired) electrons. The number of hydrogen-bond donors (Lipinski definition) is 3. The van der Waals surface area contributed by atoms with Crippen LogP contribution in [0.3, 0.4) is 0 Å². The predicted octanol–water partition coefficient (Wildman–Crippen LogP) is 5.36. The Morgan fingerprint density at radius 1 is 1.07 bits per heavy atom. The predicted molar refractivity (Wildman–Crippen MR) is 166 cm³/mol. The zero-order valence-corrected chi connectivity index (χ0v) is 26.2. The number of halogens is 1. The number of likely N-dealkylation sites (tertiary alicyclic amines) is 1.